The third-order valence-corrected chi connectivity index (χ3v) is 7.84. The number of hydrogen-bond donors (Lipinski definition) is 1. The summed E-state index contributed by atoms with van der Waals surface area (Å²) < 4.78 is 0.832. The molecule has 2 heterocycles. The topological polar surface area (TPSA) is 109 Å². The van der Waals surface area contributed by atoms with Crippen molar-refractivity contribution in [3.8, 4) is 11.1 Å². The first-order chi connectivity index (χ1) is 19.8. The molecule has 4 aromatic carbocycles. The van der Waals surface area contributed by atoms with Gasteiger partial charge in [-0.05, 0) is 41.5 Å². The Morgan fingerprint density at radius 2 is 1.73 bits per heavy atom. The number of halogens is 2. The SMILES string of the molecule is O=C(c1ccccc1Cl)N1N=C(c2c(-c3ccccc3)c3cc(Br)ccc3[nH]c2=O)C[C@H]1c1cccc([N+](=O)[O-])c1. The number of non-ortho nitro benzene ring substituents is 1. The van der Waals surface area contributed by atoms with Crippen molar-refractivity contribution in [2.75, 3.05) is 0 Å². The molecule has 5 aromatic rings. The van der Waals surface area contributed by atoms with Crippen LogP contribution in [0.15, 0.2) is 111 Å². The highest BCUT2D eigenvalue weighted by Crippen LogP contribution is 2.39. The van der Waals surface area contributed by atoms with E-state index in [9.17, 15) is 19.7 Å². The zero-order valence-corrected chi connectivity index (χ0v) is 23.6. The number of carbonyl (C=O) groups is 1. The van der Waals surface area contributed by atoms with E-state index in [0.29, 0.717) is 27.9 Å². The maximum Gasteiger partial charge on any atom is 0.276 e. The van der Waals surface area contributed by atoms with E-state index in [1.54, 1.807) is 36.4 Å². The van der Waals surface area contributed by atoms with Crippen LogP contribution in [0.2, 0.25) is 5.02 Å². The number of aromatic nitrogens is 1. The van der Waals surface area contributed by atoms with Crippen molar-refractivity contribution >= 4 is 55.7 Å². The highest BCUT2D eigenvalue weighted by Gasteiger charge is 2.37. The lowest BCUT2D eigenvalue weighted by Crippen LogP contribution is -2.27. The standard InChI is InChI=1S/C31H20BrClN4O4/c32-20-13-14-25-23(16-20)28(18-7-2-1-3-8-18)29(30(38)34-25)26-17-27(19-9-6-10-21(15-19)37(40)41)36(35-26)31(39)22-11-4-5-12-24(22)33/h1-16,27H,17H2,(H,34,38)/t27-/m0/s1. The van der Waals surface area contributed by atoms with Gasteiger partial charge in [0.2, 0.25) is 0 Å². The quantitative estimate of drug-likeness (QED) is 0.161. The lowest BCUT2D eigenvalue weighted by molar-refractivity contribution is -0.384. The number of aromatic amines is 1. The average molecular weight is 628 g/mol. The monoisotopic (exact) mass is 626 g/mol. The molecule has 1 aliphatic heterocycles. The molecule has 0 bridgehead atoms. The summed E-state index contributed by atoms with van der Waals surface area (Å²) in [7, 11) is 0. The number of rotatable bonds is 5. The first-order valence-electron chi connectivity index (χ1n) is 12.6. The molecule has 10 heteroatoms. The van der Waals surface area contributed by atoms with Crippen LogP contribution in [0.25, 0.3) is 22.0 Å². The summed E-state index contributed by atoms with van der Waals surface area (Å²) in [6.45, 7) is 0. The van der Waals surface area contributed by atoms with E-state index in [0.717, 1.165) is 15.4 Å². The van der Waals surface area contributed by atoms with Gasteiger partial charge < -0.3 is 4.98 Å². The van der Waals surface area contributed by atoms with Crippen LogP contribution in [0, 0.1) is 10.1 Å². The van der Waals surface area contributed by atoms with Crippen LogP contribution in [0.3, 0.4) is 0 Å². The van der Waals surface area contributed by atoms with Gasteiger partial charge in [-0.3, -0.25) is 19.7 Å². The van der Waals surface area contributed by atoms with Crippen LogP contribution in [-0.2, 0) is 0 Å². The number of H-pyrrole nitrogens is 1. The van der Waals surface area contributed by atoms with E-state index in [4.69, 9.17) is 16.7 Å². The number of nitrogens with one attached hydrogen (secondary N) is 1. The van der Waals surface area contributed by atoms with E-state index in [1.807, 2.05) is 48.5 Å². The van der Waals surface area contributed by atoms with Gasteiger partial charge in [-0.1, -0.05) is 82.1 Å². The lowest BCUT2D eigenvalue weighted by atomic mass is 9.91. The van der Waals surface area contributed by atoms with Crippen molar-refractivity contribution in [2.45, 2.75) is 12.5 Å². The van der Waals surface area contributed by atoms with Crippen LogP contribution in [0.5, 0.6) is 0 Å². The number of hydrazone groups is 1. The number of benzene rings is 4. The van der Waals surface area contributed by atoms with Gasteiger partial charge in [0.1, 0.15) is 0 Å². The number of carbonyl (C=O) groups excluding carboxylic acids is 1. The van der Waals surface area contributed by atoms with E-state index in [1.165, 1.54) is 17.1 Å². The third kappa shape index (κ3) is 4.94. The third-order valence-electron chi connectivity index (χ3n) is 7.02. The summed E-state index contributed by atoms with van der Waals surface area (Å²) in [6, 6.07) is 27.1. The second-order valence-corrected chi connectivity index (χ2v) is 10.8. The Morgan fingerprint density at radius 1 is 0.976 bits per heavy atom. The largest absolute Gasteiger partial charge is 0.321 e. The molecular formula is C31H20BrClN4O4. The summed E-state index contributed by atoms with van der Waals surface area (Å²) in [6.07, 6.45) is 0.153. The van der Waals surface area contributed by atoms with Gasteiger partial charge >= 0.3 is 0 Å². The van der Waals surface area contributed by atoms with Gasteiger partial charge in [0, 0.05) is 39.5 Å². The minimum absolute atomic E-state index is 0.112. The van der Waals surface area contributed by atoms with E-state index in [-0.39, 0.29) is 28.3 Å². The van der Waals surface area contributed by atoms with Gasteiger partial charge in [0.05, 0.1) is 32.8 Å². The molecule has 0 saturated carbocycles. The average Bonchev–Trinajstić information content (AvgIpc) is 3.42. The molecule has 0 fully saturated rings. The second kappa shape index (κ2) is 10.8. The Hall–Kier alpha value is -4.60. The Morgan fingerprint density at radius 3 is 2.49 bits per heavy atom. The van der Waals surface area contributed by atoms with Gasteiger partial charge in [0.15, 0.2) is 0 Å². The molecule has 41 heavy (non-hydrogen) atoms. The van der Waals surface area contributed by atoms with E-state index >= 15 is 0 Å². The minimum Gasteiger partial charge on any atom is -0.321 e. The second-order valence-electron chi connectivity index (χ2n) is 9.51. The summed E-state index contributed by atoms with van der Waals surface area (Å²) in [4.78, 5) is 41.6. The molecule has 6 rings (SSSR count). The summed E-state index contributed by atoms with van der Waals surface area (Å²) in [5.74, 6) is -0.483. The maximum absolute atomic E-state index is 13.9. The molecule has 0 spiro atoms. The summed E-state index contributed by atoms with van der Waals surface area (Å²) in [5.41, 5.74) is 3.11. The molecule has 202 valence electrons. The molecule has 1 aliphatic rings. The molecule has 0 radical (unpaired) electrons. The highest BCUT2D eigenvalue weighted by molar-refractivity contribution is 9.10. The number of pyridine rings is 1. The zero-order valence-electron chi connectivity index (χ0n) is 21.3. The van der Waals surface area contributed by atoms with Crippen molar-refractivity contribution in [1.29, 1.82) is 0 Å². The molecule has 1 aromatic heterocycles. The number of nitrogens with zero attached hydrogens (tertiary/aromatic N) is 3. The Labute approximate surface area is 247 Å². The minimum atomic E-state index is -0.713. The van der Waals surface area contributed by atoms with Crippen LogP contribution in [0.4, 0.5) is 5.69 Å². The van der Waals surface area contributed by atoms with Crippen LogP contribution in [-0.4, -0.2) is 26.5 Å². The van der Waals surface area contributed by atoms with Crippen LogP contribution < -0.4 is 5.56 Å². The summed E-state index contributed by atoms with van der Waals surface area (Å²) in [5, 5.41) is 18.6. The molecule has 0 unspecified atom stereocenters. The van der Waals surface area contributed by atoms with Crippen LogP contribution in [0.1, 0.15) is 33.9 Å². The van der Waals surface area contributed by atoms with Crippen molar-refractivity contribution in [3.05, 3.63) is 144 Å². The van der Waals surface area contributed by atoms with Gasteiger partial charge in [-0.25, -0.2) is 5.01 Å². The number of nitro groups is 1. The van der Waals surface area contributed by atoms with Crippen molar-refractivity contribution < 1.29 is 9.72 Å². The Balaban J connectivity index is 1.58. The fourth-order valence-corrected chi connectivity index (χ4v) is 5.73. The number of hydrogen-bond acceptors (Lipinski definition) is 5. The van der Waals surface area contributed by atoms with E-state index in [2.05, 4.69) is 20.9 Å². The first-order valence-corrected chi connectivity index (χ1v) is 13.8. The predicted molar refractivity (Wildman–Crippen MR) is 162 cm³/mol. The normalized spacial score (nSPS) is 14.7. The summed E-state index contributed by atoms with van der Waals surface area (Å²) >= 11 is 9.92. The Kier molecular flexibility index (Phi) is 6.98. The van der Waals surface area contributed by atoms with Gasteiger partial charge in [-0.2, -0.15) is 5.10 Å². The van der Waals surface area contributed by atoms with Crippen LogP contribution >= 0.6 is 27.5 Å². The molecule has 8 nitrogen and oxygen atoms in total. The predicted octanol–water partition coefficient (Wildman–Crippen LogP) is 7.51. The van der Waals surface area contributed by atoms with Crippen molar-refractivity contribution in [3.63, 3.8) is 0 Å². The molecule has 0 aliphatic carbocycles. The molecule has 0 saturated heterocycles. The molecule has 1 N–H and O–H groups in total. The molecule has 1 atom stereocenters. The smallest absolute Gasteiger partial charge is 0.276 e. The number of amides is 1. The maximum atomic E-state index is 13.9. The molecular weight excluding hydrogens is 608 g/mol. The number of nitro benzene ring substituents is 1. The van der Waals surface area contributed by atoms with Crippen molar-refractivity contribution in [1.82, 2.24) is 9.99 Å². The van der Waals surface area contributed by atoms with Crippen molar-refractivity contribution in [2.24, 2.45) is 5.10 Å². The lowest BCUT2D eigenvalue weighted by Gasteiger charge is -2.22. The van der Waals surface area contributed by atoms with Gasteiger partial charge in [-0.15, -0.1) is 0 Å². The molecule has 1 amide bonds. The van der Waals surface area contributed by atoms with E-state index < -0.39 is 16.9 Å². The fourth-order valence-electron chi connectivity index (χ4n) is 5.16. The highest BCUT2D eigenvalue weighted by atomic mass is 79.9. The fraction of sp³-hybridized carbons (Fsp3) is 0.0645. The number of fused-ring (bicyclic) bond motifs is 1. The van der Waals surface area contributed by atoms with Gasteiger partial charge in [0.25, 0.3) is 17.2 Å². The first kappa shape index (κ1) is 26.6. The zero-order chi connectivity index (χ0) is 28.7. The Bertz CT molecular complexity index is 1940.